The van der Waals surface area contributed by atoms with Crippen LogP contribution in [0.15, 0.2) is 196 Å². The third kappa shape index (κ3) is 4.75. The summed E-state index contributed by atoms with van der Waals surface area (Å²) in [5.74, 6) is 0.668. The molecule has 0 aliphatic carbocycles. The van der Waals surface area contributed by atoms with E-state index >= 15 is 0 Å². The van der Waals surface area contributed by atoms with Crippen molar-refractivity contribution in [2.24, 2.45) is 0 Å². The standard InChI is InChI=1S/C47H30N2OS/c1-4-15-31(16-5-1)32-17-14-18-33(29-32)43-45-44(37-23-10-12-25-40(37)50-45)49-46(48-43)34-27-28-39-42(30-34)51-41-26-13-11-24-38(41)47(39,35-19-6-2-7-20-35)36-21-8-3-9-22-36/h1-30H. The molecule has 0 spiro atoms. The van der Waals surface area contributed by atoms with Gasteiger partial charge in [0.15, 0.2) is 11.4 Å². The number of fused-ring (bicyclic) bond motifs is 5. The van der Waals surface area contributed by atoms with Gasteiger partial charge in [0.25, 0.3) is 0 Å². The van der Waals surface area contributed by atoms with Crippen molar-refractivity contribution >= 4 is 33.8 Å². The molecule has 7 aromatic carbocycles. The maximum Gasteiger partial charge on any atom is 0.180 e. The van der Waals surface area contributed by atoms with Crippen LogP contribution < -0.4 is 0 Å². The Hall–Kier alpha value is -6.23. The van der Waals surface area contributed by atoms with Gasteiger partial charge in [-0.1, -0.05) is 163 Å². The molecule has 0 bridgehead atoms. The Bertz CT molecular complexity index is 2680. The highest BCUT2D eigenvalue weighted by Gasteiger charge is 2.44. The van der Waals surface area contributed by atoms with Gasteiger partial charge in [0.2, 0.25) is 0 Å². The van der Waals surface area contributed by atoms with Gasteiger partial charge >= 0.3 is 0 Å². The zero-order valence-corrected chi connectivity index (χ0v) is 28.3. The van der Waals surface area contributed by atoms with Crippen LogP contribution in [-0.2, 0) is 5.41 Å². The van der Waals surface area contributed by atoms with Gasteiger partial charge in [-0.3, -0.25) is 0 Å². The molecule has 0 saturated heterocycles. The lowest BCUT2D eigenvalue weighted by Crippen LogP contribution is -2.34. The third-order valence-corrected chi connectivity index (χ3v) is 11.2. The fourth-order valence-electron chi connectivity index (χ4n) is 7.74. The normalized spacial score (nSPS) is 13.2. The number of furan rings is 1. The molecule has 240 valence electrons. The molecule has 0 radical (unpaired) electrons. The molecule has 0 atom stereocenters. The van der Waals surface area contributed by atoms with Crippen LogP contribution >= 0.6 is 11.8 Å². The summed E-state index contributed by atoms with van der Waals surface area (Å²) in [6.45, 7) is 0. The van der Waals surface area contributed by atoms with Crippen molar-refractivity contribution < 1.29 is 4.42 Å². The molecule has 0 fully saturated rings. The SMILES string of the molecule is c1ccc(-c2cccc(-c3nc(-c4ccc5c(c4)Sc4ccccc4C5(c4ccccc4)c4ccccc4)nc4c3oc3ccccc34)c2)cc1. The number of hydrogen-bond acceptors (Lipinski definition) is 4. The molecule has 10 rings (SSSR count). The summed E-state index contributed by atoms with van der Waals surface area (Å²) < 4.78 is 6.50. The molecule has 51 heavy (non-hydrogen) atoms. The van der Waals surface area contributed by atoms with Gasteiger partial charge < -0.3 is 4.42 Å². The van der Waals surface area contributed by atoms with E-state index in [-0.39, 0.29) is 0 Å². The van der Waals surface area contributed by atoms with Crippen LogP contribution in [0.4, 0.5) is 0 Å². The largest absolute Gasteiger partial charge is 0.452 e. The van der Waals surface area contributed by atoms with Crippen LogP contribution in [0.3, 0.4) is 0 Å². The molecule has 0 N–H and O–H groups in total. The van der Waals surface area contributed by atoms with Crippen molar-refractivity contribution in [3.63, 3.8) is 0 Å². The second-order valence-corrected chi connectivity index (χ2v) is 14.0. The monoisotopic (exact) mass is 670 g/mol. The van der Waals surface area contributed by atoms with E-state index in [2.05, 4.69) is 158 Å². The second-order valence-electron chi connectivity index (χ2n) is 12.9. The molecule has 3 nitrogen and oxygen atoms in total. The van der Waals surface area contributed by atoms with E-state index in [9.17, 15) is 0 Å². The number of aromatic nitrogens is 2. The number of rotatable bonds is 5. The Morgan fingerprint density at radius 3 is 1.86 bits per heavy atom. The predicted molar refractivity (Wildman–Crippen MR) is 208 cm³/mol. The van der Waals surface area contributed by atoms with Crippen molar-refractivity contribution in [1.82, 2.24) is 9.97 Å². The number of benzene rings is 7. The average molecular weight is 671 g/mol. The Morgan fingerprint density at radius 2 is 1.08 bits per heavy atom. The molecule has 1 aliphatic heterocycles. The van der Waals surface area contributed by atoms with Crippen LogP contribution in [0.2, 0.25) is 0 Å². The van der Waals surface area contributed by atoms with Gasteiger partial charge in [0, 0.05) is 26.3 Å². The first-order chi connectivity index (χ1) is 25.3. The first-order valence-electron chi connectivity index (χ1n) is 17.2. The first-order valence-corrected chi connectivity index (χ1v) is 18.0. The number of nitrogens with zero attached hydrogens (tertiary/aromatic N) is 2. The molecule has 4 heteroatoms. The minimum Gasteiger partial charge on any atom is -0.452 e. The molecule has 0 saturated carbocycles. The summed E-state index contributed by atoms with van der Waals surface area (Å²) in [6, 6.07) is 64.5. The highest BCUT2D eigenvalue weighted by molar-refractivity contribution is 7.99. The Kier molecular flexibility index (Phi) is 6.97. The fraction of sp³-hybridized carbons (Fsp3) is 0.0213. The van der Waals surface area contributed by atoms with Crippen LogP contribution in [0.1, 0.15) is 22.3 Å². The van der Waals surface area contributed by atoms with E-state index in [1.807, 2.05) is 36.0 Å². The van der Waals surface area contributed by atoms with Crippen molar-refractivity contribution in [3.05, 3.63) is 204 Å². The highest BCUT2D eigenvalue weighted by atomic mass is 32.2. The zero-order chi connectivity index (χ0) is 33.8. The lowest BCUT2D eigenvalue weighted by Gasteiger charge is -2.42. The van der Waals surface area contributed by atoms with Crippen LogP contribution in [0.5, 0.6) is 0 Å². The van der Waals surface area contributed by atoms with Gasteiger partial charge in [-0.05, 0) is 63.7 Å². The topological polar surface area (TPSA) is 38.9 Å². The molecule has 3 heterocycles. The molecule has 2 aromatic heterocycles. The van der Waals surface area contributed by atoms with E-state index in [4.69, 9.17) is 14.4 Å². The molecular formula is C47H30N2OS. The lowest BCUT2D eigenvalue weighted by atomic mass is 9.64. The molecule has 9 aromatic rings. The van der Waals surface area contributed by atoms with Crippen LogP contribution in [0.25, 0.3) is 55.8 Å². The Labute approximate surface area is 300 Å². The molecule has 0 unspecified atom stereocenters. The van der Waals surface area contributed by atoms with Crippen LogP contribution in [-0.4, -0.2) is 9.97 Å². The predicted octanol–water partition coefficient (Wildman–Crippen LogP) is 12.2. The quantitative estimate of drug-likeness (QED) is 0.183. The average Bonchev–Trinajstić information content (AvgIpc) is 3.59. The maximum atomic E-state index is 6.50. The summed E-state index contributed by atoms with van der Waals surface area (Å²) in [4.78, 5) is 13.0. The van der Waals surface area contributed by atoms with Gasteiger partial charge in [0.1, 0.15) is 16.8 Å². The van der Waals surface area contributed by atoms with Crippen molar-refractivity contribution in [1.29, 1.82) is 0 Å². The fourth-order valence-corrected chi connectivity index (χ4v) is 8.97. The zero-order valence-electron chi connectivity index (χ0n) is 27.5. The summed E-state index contributed by atoms with van der Waals surface area (Å²) in [5, 5.41) is 0.977. The summed E-state index contributed by atoms with van der Waals surface area (Å²) >= 11 is 1.82. The van der Waals surface area contributed by atoms with E-state index < -0.39 is 5.41 Å². The second kappa shape index (κ2) is 12.0. The van der Waals surface area contributed by atoms with Gasteiger partial charge in [0.05, 0.1) is 5.41 Å². The first kappa shape index (κ1) is 29.7. The smallest absolute Gasteiger partial charge is 0.180 e. The number of para-hydroxylation sites is 1. The Morgan fingerprint density at radius 1 is 0.451 bits per heavy atom. The summed E-state index contributed by atoms with van der Waals surface area (Å²) in [5.41, 5.74) is 11.8. The minimum atomic E-state index is -0.493. The summed E-state index contributed by atoms with van der Waals surface area (Å²) in [6.07, 6.45) is 0. The van der Waals surface area contributed by atoms with Crippen molar-refractivity contribution in [2.75, 3.05) is 0 Å². The van der Waals surface area contributed by atoms with Crippen molar-refractivity contribution in [2.45, 2.75) is 15.2 Å². The molecule has 0 amide bonds. The molecule has 1 aliphatic rings. The highest BCUT2D eigenvalue weighted by Crippen LogP contribution is 2.56. The number of hydrogen-bond donors (Lipinski definition) is 0. The molecular weight excluding hydrogens is 641 g/mol. The maximum absolute atomic E-state index is 6.50. The van der Waals surface area contributed by atoms with Crippen LogP contribution in [0, 0.1) is 0 Å². The van der Waals surface area contributed by atoms with Crippen molar-refractivity contribution in [3.8, 4) is 33.8 Å². The van der Waals surface area contributed by atoms with E-state index in [1.165, 1.54) is 32.0 Å². The Balaban J connectivity index is 1.21. The van der Waals surface area contributed by atoms with E-state index in [1.54, 1.807) is 0 Å². The lowest BCUT2D eigenvalue weighted by molar-refractivity contribution is 0.667. The minimum absolute atomic E-state index is 0.493. The van der Waals surface area contributed by atoms with Gasteiger partial charge in [-0.25, -0.2) is 9.97 Å². The third-order valence-electron chi connectivity index (χ3n) is 10.0. The van der Waals surface area contributed by atoms with E-state index in [0.29, 0.717) is 11.4 Å². The van der Waals surface area contributed by atoms with Gasteiger partial charge in [-0.2, -0.15) is 0 Å². The van der Waals surface area contributed by atoms with Gasteiger partial charge in [-0.15, -0.1) is 0 Å². The van der Waals surface area contributed by atoms with E-state index in [0.717, 1.165) is 44.4 Å². The summed E-state index contributed by atoms with van der Waals surface area (Å²) in [7, 11) is 0.